The Morgan fingerprint density at radius 1 is 1.10 bits per heavy atom. The van der Waals surface area contributed by atoms with Crippen LogP contribution in [0.3, 0.4) is 0 Å². The maximum atomic E-state index is 13.5. The van der Waals surface area contributed by atoms with Gasteiger partial charge in [0.05, 0.1) is 7.11 Å². The van der Waals surface area contributed by atoms with Gasteiger partial charge < -0.3 is 10.5 Å². The van der Waals surface area contributed by atoms with Gasteiger partial charge in [-0.2, -0.15) is 0 Å². The zero-order chi connectivity index (χ0) is 15.6. The number of nitrogens with two attached hydrogens (primary N) is 1. The van der Waals surface area contributed by atoms with E-state index < -0.39 is 5.82 Å². The standard InChI is InChI=1S/C17H20FNOS/c1-17(2,3)11-5-7-12(8-6-11)21-16-10-15(20-4)13(18)9-14(16)19/h5-10H,19H2,1-4H3. The molecule has 2 N–H and O–H groups in total. The first-order valence-electron chi connectivity index (χ1n) is 6.72. The van der Waals surface area contributed by atoms with Gasteiger partial charge in [0.1, 0.15) is 0 Å². The van der Waals surface area contributed by atoms with Gasteiger partial charge in [0.2, 0.25) is 0 Å². The van der Waals surface area contributed by atoms with E-state index in [1.807, 2.05) is 0 Å². The highest BCUT2D eigenvalue weighted by Crippen LogP contribution is 2.36. The Balaban J connectivity index is 2.26. The van der Waals surface area contributed by atoms with E-state index in [1.54, 1.807) is 6.07 Å². The van der Waals surface area contributed by atoms with Gasteiger partial charge in [0.25, 0.3) is 0 Å². The average molecular weight is 305 g/mol. The number of nitrogen functional groups attached to an aromatic ring is 1. The van der Waals surface area contributed by atoms with Gasteiger partial charge in [0, 0.05) is 21.5 Å². The molecule has 21 heavy (non-hydrogen) atoms. The van der Waals surface area contributed by atoms with Gasteiger partial charge >= 0.3 is 0 Å². The maximum Gasteiger partial charge on any atom is 0.167 e. The summed E-state index contributed by atoms with van der Waals surface area (Å²) >= 11 is 1.50. The first kappa shape index (κ1) is 15.7. The summed E-state index contributed by atoms with van der Waals surface area (Å²) in [4.78, 5) is 1.85. The number of benzene rings is 2. The van der Waals surface area contributed by atoms with Crippen molar-refractivity contribution in [2.75, 3.05) is 12.8 Å². The van der Waals surface area contributed by atoms with Crippen LogP contribution >= 0.6 is 11.8 Å². The molecule has 0 aliphatic heterocycles. The fourth-order valence-corrected chi connectivity index (χ4v) is 2.81. The topological polar surface area (TPSA) is 35.2 Å². The maximum absolute atomic E-state index is 13.5. The highest BCUT2D eigenvalue weighted by atomic mass is 32.2. The van der Waals surface area contributed by atoms with Gasteiger partial charge in [-0.25, -0.2) is 4.39 Å². The molecule has 0 aliphatic rings. The van der Waals surface area contributed by atoms with Crippen LogP contribution in [0.15, 0.2) is 46.2 Å². The van der Waals surface area contributed by atoms with Gasteiger partial charge in [-0.3, -0.25) is 0 Å². The van der Waals surface area contributed by atoms with E-state index >= 15 is 0 Å². The van der Waals surface area contributed by atoms with Crippen LogP contribution in [0.4, 0.5) is 10.1 Å². The fraction of sp³-hybridized carbons (Fsp3) is 0.294. The first-order chi connectivity index (χ1) is 9.81. The normalized spacial score (nSPS) is 11.5. The van der Waals surface area contributed by atoms with Crippen LogP contribution in [0.2, 0.25) is 0 Å². The SMILES string of the molecule is COc1cc(Sc2ccc(C(C)(C)C)cc2)c(N)cc1F. The minimum absolute atomic E-state index is 0.126. The summed E-state index contributed by atoms with van der Waals surface area (Å²) in [5, 5.41) is 0. The Kier molecular flexibility index (Phi) is 4.47. The molecule has 0 aliphatic carbocycles. The summed E-state index contributed by atoms with van der Waals surface area (Å²) in [6.45, 7) is 6.54. The molecule has 0 saturated carbocycles. The monoisotopic (exact) mass is 305 g/mol. The van der Waals surface area contributed by atoms with Crippen molar-refractivity contribution in [1.29, 1.82) is 0 Å². The molecule has 0 unspecified atom stereocenters. The van der Waals surface area contributed by atoms with Crippen molar-refractivity contribution in [3.05, 3.63) is 47.8 Å². The number of anilines is 1. The van der Waals surface area contributed by atoms with Crippen molar-refractivity contribution in [1.82, 2.24) is 0 Å². The molecule has 112 valence electrons. The largest absolute Gasteiger partial charge is 0.494 e. The molecule has 2 nitrogen and oxygen atoms in total. The Hall–Kier alpha value is -1.68. The second-order valence-corrected chi connectivity index (χ2v) is 7.02. The lowest BCUT2D eigenvalue weighted by Crippen LogP contribution is -2.10. The van der Waals surface area contributed by atoms with Crippen LogP contribution in [0.1, 0.15) is 26.3 Å². The number of rotatable bonds is 3. The third-order valence-electron chi connectivity index (χ3n) is 3.23. The molecule has 2 aromatic carbocycles. The molecule has 0 heterocycles. The number of ether oxygens (including phenoxy) is 1. The van der Waals surface area contributed by atoms with Crippen molar-refractivity contribution < 1.29 is 9.13 Å². The van der Waals surface area contributed by atoms with Gasteiger partial charge in [-0.15, -0.1) is 0 Å². The molecule has 0 spiro atoms. The van der Waals surface area contributed by atoms with E-state index in [0.717, 1.165) is 9.79 Å². The predicted octanol–water partition coefficient (Wildman–Crippen LogP) is 4.87. The lowest BCUT2D eigenvalue weighted by Gasteiger charge is -2.19. The van der Waals surface area contributed by atoms with Crippen molar-refractivity contribution in [3.63, 3.8) is 0 Å². The van der Waals surface area contributed by atoms with E-state index in [9.17, 15) is 4.39 Å². The zero-order valence-corrected chi connectivity index (χ0v) is 13.6. The Morgan fingerprint density at radius 3 is 2.24 bits per heavy atom. The summed E-state index contributed by atoms with van der Waals surface area (Å²) in [7, 11) is 1.45. The third kappa shape index (κ3) is 3.70. The fourth-order valence-electron chi connectivity index (χ4n) is 1.94. The van der Waals surface area contributed by atoms with Gasteiger partial charge in [-0.1, -0.05) is 44.7 Å². The second kappa shape index (κ2) is 5.98. The van der Waals surface area contributed by atoms with Crippen LogP contribution < -0.4 is 10.5 Å². The minimum atomic E-state index is -0.442. The number of hydrogen-bond acceptors (Lipinski definition) is 3. The van der Waals surface area contributed by atoms with E-state index in [1.165, 1.54) is 30.5 Å². The number of hydrogen-bond donors (Lipinski definition) is 1. The van der Waals surface area contributed by atoms with Crippen LogP contribution in [0, 0.1) is 5.82 Å². The summed E-state index contributed by atoms with van der Waals surface area (Å²) in [5.41, 5.74) is 7.69. The first-order valence-corrected chi connectivity index (χ1v) is 7.54. The van der Waals surface area contributed by atoms with E-state index in [2.05, 4.69) is 45.0 Å². The molecule has 0 bridgehead atoms. The summed E-state index contributed by atoms with van der Waals surface area (Å²) in [6.07, 6.45) is 0. The molecule has 0 radical (unpaired) electrons. The van der Waals surface area contributed by atoms with Crippen LogP contribution in [0.5, 0.6) is 5.75 Å². The quantitative estimate of drug-likeness (QED) is 0.822. The van der Waals surface area contributed by atoms with Crippen molar-refractivity contribution >= 4 is 17.4 Å². The summed E-state index contributed by atoms with van der Waals surface area (Å²) < 4.78 is 18.5. The molecule has 2 aromatic rings. The highest BCUT2D eigenvalue weighted by molar-refractivity contribution is 7.99. The molecule has 0 amide bonds. The van der Waals surface area contributed by atoms with Gasteiger partial charge in [-0.05, 0) is 29.2 Å². The predicted molar refractivity (Wildman–Crippen MR) is 86.6 cm³/mol. The minimum Gasteiger partial charge on any atom is -0.494 e. The van der Waals surface area contributed by atoms with Crippen LogP contribution in [0.25, 0.3) is 0 Å². The van der Waals surface area contributed by atoms with Crippen LogP contribution in [-0.2, 0) is 5.41 Å². The number of halogens is 1. The van der Waals surface area contributed by atoms with Crippen molar-refractivity contribution in [3.8, 4) is 5.75 Å². The third-order valence-corrected chi connectivity index (χ3v) is 4.31. The molecule has 0 aromatic heterocycles. The lowest BCUT2D eigenvalue weighted by atomic mass is 9.87. The molecule has 2 rings (SSSR count). The summed E-state index contributed by atoms with van der Waals surface area (Å²) in [6, 6.07) is 11.3. The molecular formula is C17H20FNOS. The van der Waals surface area contributed by atoms with Crippen molar-refractivity contribution in [2.24, 2.45) is 0 Å². The van der Waals surface area contributed by atoms with E-state index in [4.69, 9.17) is 10.5 Å². The van der Waals surface area contributed by atoms with E-state index in [-0.39, 0.29) is 11.2 Å². The zero-order valence-electron chi connectivity index (χ0n) is 12.7. The Bertz CT molecular complexity index is 632. The molecule has 0 saturated heterocycles. The molecule has 0 fully saturated rings. The average Bonchev–Trinajstić information content (AvgIpc) is 2.41. The smallest absolute Gasteiger partial charge is 0.167 e. The lowest BCUT2D eigenvalue weighted by molar-refractivity contribution is 0.385. The van der Waals surface area contributed by atoms with Crippen molar-refractivity contribution in [2.45, 2.75) is 36.0 Å². The van der Waals surface area contributed by atoms with E-state index in [0.29, 0.717) is 5.69 Å². The molecule has 0 atom stereocenters. The summed E-state index contributed by atoms with van der Waals surface area (Å²) in [5.74, 6) is -0.236. The van der Waals surface area contributed by atoms with Crippen LogP contribution in [-0.4, -0.2) is 7.11 Å². The number of methoxy groups -OCH3 is 1. The Labute approximate surface area is 129 Å². The molecular weight excluding hydrogens is 285 g/mol. The Morgan fingerprint density at radius 2 is 1.71 bits per heavy atom. The highest BCUT2D eigenvalue weighted by Gasteiger charge is 2.14. The van der Waals surface area contributed by atoms with Gasteiger partial charge in [0.15, 0.2) is 11.6 Å². The second-order valence-electron chi connectivity index (χ2n) is 5.90. The molecule has 4 heteroatoms.